The largest absolute Gasteiger partial charge is 0.469 e. The highest BCUT2D eigenvalue weighted by Crippen LogP contribution is 2.70. The van der Waals surface area contributed by atoms with Gasteiger partial charge < -0.3 is 19.3 Å². The summed E-state index contributed by atoms with van der Waals surface area (Å²) in [5, 5.41) is 11.6. The standard InChI is InChI=1S/C30H48O7/c1-19(17-24(31)35-7)9-10-22-29(5)14-11-20-27(2,3)23(37-26(33)18-25(32)36-8)13-15-28(20,4)21(29)12-16-30(22,6)34/h17,20-23,34H,9-16,18H2,1-8H3. The molecule has 0 heterocycles. The molecule has 7 nitrogen and oxygen atoms in total. The highest BCUT2D eigenvalue weighted by molar-refractivity contribution is 5.91. The molecule has 0 amide bonds. The SMILES string of the molecule is COC(=O)C=C(C)CCC1C(C)(O)CCC2C1(C)CCC1C(C)(C)C(OC(=O)CC(=O)OC)CCC12C. The van der Waals surface area contributed by atoms with Crippen LogP contribution in [0.5, 0.6) is 0 Å². The van der Waals surface area contributed by atoms with E-state index in [4.69, 9.17) is 9.47 Å². The van der Waals surface area contributed by atoms with Crippen LogP contribution in [-0.2, 0) is 28.6 Å². The van der Waals surface area contributed by atoms with Crippen molar-refractivity contribution in [3.63, 3.8) is 0 Å². The molecule has 0 bridgehead atoms. The van der Waals surface area contributed by atoms with Crippen LogP contribution in [0.1, 0.15) is 99.3 Å². The molecular weight excluding hydrogens is 472 g/mol. The Balaban J connectivity index is 1.83. The van der Waals surface area contributed by atoms with Gasteiger partial charge >= 0.3 is 17.9 Å². The number of methoxy groups -OCH3 is 2. The number of fused-ring (bicyclic) bond motifs is 3. The molecule has 0 radical (unpaired) electrons. The number of hydrogen-bond acceptors (Lipinski definition) is 7. The molecule has 3 aliphatic carbocycles. The Morgan fingerprint density at radius 1 is 0.865 bits per heavy atom. The first-order valence-electron chi connectivity index (χ1n) is 13.9. The van der Waals surface area contributed by atoms with Crippen molar-refractivity contribution in [2.24, 2.45) is 34.0 Å². The maximum atomic E-state index is 12.4. The van der Waals surface area contributed by atoms with E-state index in [1.165, 1.54) is 14.2 Å². The molecule has 210 valence electrons. The van der Waals surface area contributed by atoms with Gasteiger partial charge in [0.1, 0.15) is 12.5 Å². The fourth-order valence-corrected chi connectivity index (χ4v) is 8.91. The van der Waals surface area contributed by atoms with Crippen LogP contribution in [0, 0.1) is 34.0 Å². The molecule has 3 fully saturated rings. The van der Waals surface area contributed by atoms with Gasteiger partial charge in [-0.15, -0.1) is 0 Å². The molecule has 37 heavy (non-hydrogen) atoms. The van der Waals surface area contributed by atoms with Crippen LogP contribution in [0.25, 0.3) is 0 Å². The molecule has 0 aromatic heterocycles. The average Bonchev–Trinajstić information content (AvgIpc) is 2.79. The third-order valence-corrected chi connectivity index (χ3v) is 10.7. The summed E-state index contributed by atoms with van der Waals surface area (Å²) in [4.78, 5) is 35.7. The smallest absolute Gasteiger partial charge is 0.330 e. The number of carbonyl (C=O) groups is 3. The third kappa shape index (κ3) is 5.62. The monoisotopic (exact) mass is 520 g/mol. The predicted molar refractivity (Wildman–Crippen MR) is 140 cm³/mol. The lowest BCUT2D eigenvalue weighted by Crippen LogP contribution is -2.64. The highest BCUT2D eigenvalue weighted by Gasteiger charge is 2.65. The number of ether oxygens (including phenoxy) is 3. The van der Waals surface area contributed by atoms with E-state index in [9.17, 15) is 19.5 Å². The van der Waals surface area contributed by atoms with Crippen LogP contribution in [0.4, 0.5) is 0 Å². The van der Waals surface area contributed by atoms with Crippen molar-refractivity contribution in [2.75, 3.05) is 14.2 Å². The summed E-state index contributed by atoms with van der Waals surface area (Å²) in [6.07, 6.45) is 8.02. The zero-order valence-corrected chi connectivity index (χ0v) is 24.1. The quantitative estimate of drug-likeness (QED) is 0.208. The van der Waals surface area contributed by atoms with Crippen molar-refractivity contribution in [1.82, 2.24) is 0 Å². The van der Waals surface area contributed by atoms with Gasteiger partial charge in [-0.05, 0) is 93.8 Å². The van der Waals surface area contributed by atoms with Gasteiger partial charge in [-0.2, -0.15) is 0 Å². The first-order chi connectivity index (χ1) is 17.1. The van der Waals surface area contributed by atoms with Crippen LogP contribution < -0.4 is 0 Å². The van der Waals surface area contributed by atoms with Crippen LogP contribution in [0.15, 0.2) is 11.6 Å². The van der Waals surface area contributed by atoms with Gasteiger partial charge in [-0.3, -0.25) is 9.59 Å². The van der Waals surface area contributed by atoms with E-state index in [1.54, 1.807) is 6.08 Å². The summed E-state index contributed by atoms with van der Waals surface area (Å²) < 4.78 is 15.3. The minimum Gasteiger partial charge on any atom is -0.469 e. The Hall–Kier alpha value is -1.89. The fraction of sp³-hybridized carbons (Fsp3) is 0.833. The zero-order chi connectivity index (χ0) is 27.8. The third-order valence-electron chi connectivity index (χ3n) is 10.7. The summed E-state index contributed by atoms with van der Waals surface area (Å²) in [6, 6.07) is 0. The molecule has 7 atom stereocenters. The number of aliphatic hydroxyl groups is 1. The van der Waals surface area contributed by atoms with E-state index in [0.717, 1.165) is 56.9 Å². The molecule has 0 saturated heterocycles. The topological polar surface area (TPSA) is 99.1 Å². The summed E-state index contributed by atoms with van der Waals surface area (Å²) in [5.41, 5.74) is 0.0331. The lowest BCUT2D eigenvalue weighted by molar-refractivity contribution is -0.231. The Bertz CT molecular complexity index is 919. The van der Waals surface area contributed by atoms with Crippen LogP contribution in [0.3, 0.4) is 0 Å². The minimum atomic E-state index is -0.754. The second kappa shape index (κ2) is 10.7. The van der Waals surface area contributed by atoms with E-state index in [1.807, 2.05) is 13.8 Å². The van der Waals surface area contributed by atoms with Crippen molar-refractivity contribution in [3.8, 4) is 0 Å². The van der Waals surface area contributed by atoms with Gasteiger partial charge in [-0.1, -0.05) is 33.3 Å². The first kappa shape index (κ1) is 29.7. The van der Waals surface area contributed by atoms with Crippen molar-refractivity contribution in [2.45, 2.75) is 111 Å². The Morgan fingerprint density at radius 3 is 2.11 bits per heavy atom. The second-order valence-electron chi connectivity index (χ2n) is 13.2. The second-order valence-corrected chi connectivity index (χ2v) is 13.2. The number of allylic oxidation sites excluding steroid dienone is 1. The van der Waals surface area contributed by atoms with Crippen LogP contribution in [0.2, 0.25) is 0 Å². The molecule has 7 heteroatoms. The van der Waals surface area contributed by atoms with E-state index >= 15 is 0 Å². The Kier molecular flexibility index (Phi) is 8.58. The van der Waals surface area contributed by atoms with E-state index in [2.05, 4.69) is 32.4 Å². The first-order valence-corrected chi connectivity index (χ1v) is 13.9. The van der Waals surface area contributed by atoms with Crippen LogP contribution in [-0.4, -0.2) is 48.9 Å². The van der Waals surface area contributed by atoms with E-state index in [0.29, 0.717) is 11.8 Å². The number of rotatable bonds is 7. The minimum absolute atomic E-state index is 0.0248. The molecule has 3 rings (SSSR count). The maximum absolute atomic E-state index is 12.4. The van der Waals surface area contributed by atoms with E-state index < -0.39 is 17.5 Å². The van der Waals surface area contributed by atoms with Crippen molar-refractivity contribution in [1.29, 1.82) is 0 Å². The van der Waals surface area contributed by atoms with Crippen molar-refractivity contribution in [3.05, 3.63) is 11.6 Å². The fourth-order valence-electron chi connectivity index (χ4n) is 8.91. The Labute approximate surface area is 222 Å². The van der Waals surface area contributed by atoms with Gasteiger partial charge in [-0.25, -0.2) is 4.79 Å². The lowest BCUT2D eigenvalue weighted by Gasteiger charge is -2.68. The lowest BCUT2D eigenvalue weighted by atomic mass is 9.37. The maximum Gasteiger partial charge on any atom is 0.330 e. The molecule has 3 saturated carbocycles. The molecule has 0 aliphatic heterocycles. The van der Waals surface area contributed by atoms with Gasteiger partial charge in [0.2, 0.25) is 0 Å². The summed E-state index contributed by atoms with van der Waals surface area (Å²) in [6.45, 7) is 13.2. The van der Waals surface area contributed by atoms with Crippen molar-refractivity contribution < 1.29 is 33.7 Å². The number of esters is 3. The van der Waals surface area contributed by atoms with Gasteiger partial charge in [0.05, 0.1) is 19.8 Å². The zero-order valence-electron chi connectivity index (χ0n) is 24.1. The molecule has 0 aromatic rings. The number of carbonyl (C=O) groups excluding carboxylic acids is 3. The molecule has 7 unspecified atom stereocenters. The molecule has 0 spiro atoms. The number of hydrogen-bond donors (Lipinski definition) is 1. The normalized spacial score (nSPS) is 39.1. The van der Waals surface area contributed by atoms with Gasteiger partial charge in [0.15, 0.2) is 0 Å². The van der Waals surface area contributed by atoms with E-state index in [-0.39, 0.29) is 40.7 Å². The summed E-state index contributed by atoms with van der Waals surface area (Å²) in [7, 11) is 2.66. The molecule has 3 aliphatic rings. The molecular formula is C30H48O7. The van der Waals surface area contributed by atoms with Gasteiger partial charge in [0.25, 0.3) is 0 Å². The summed E-state index contributed by atoms with van der Waals surface area (Å²) >= 11 is 0. The average molecular weight is 521 g/mol. The Morgan fingerprint density at radius 2 is 1.49 bits per heavy atom. The molecule has 0 aromatic carbocycles. The van der Waals surface area contributed by atoms with Crippen LogP contribution >= 0.6 is 0 Å². The predicted octanol–water partition coefficient (Wildman–Crippen LogP) is 5.38. The summed E-state index contributed by atoms with van der Waals surface area (Å²) in [5.74, 6) is -0.494. The van der Waals surface area contributed by atoms with Crippen molar-refractivity contribution >= 4 is 17.9 Å². The highest BCUT2D eigenvalue weighted by atomic mass is 16.6. The van der Waals surface area contributed by atoms with Gasteiger partial charge in [0, 0.05) is 11.5 Å². The molecule has 1 N–H and O–H groups in total.